The Morgan fingerprint density at radius 1 is 1.06 bits per heavy atom. The van der Waals surface area contributed by atoms with Crippen molar-refractivity contribution in [2.24, 2.45) is 11.8 Å². The molecule has 100 valence electrons. The highest BCUT2D eigenvalue weighted by atomic mass is 15.2. The maximum Gasteiger partial charge on any atom is 0.0107 e. The van der Waals surface area contributed by atoms with Crippen LogP contribution >= 0.6 is 0 Å². The van der Waals surface area contributed by atoms with Crippen LogP contribution in [0.25, 0.3) is 0 Å². The lowest BCUT2D eigenvalue weighted by Gasteiger charge is -2.31. The fourth-order valence-electron chi connectivity index (χ4n) is 3.42. The van der Waals surface area contributed by atoms with Crippen molar-refractivity contribution in [2.45, 2.75) is 58.4 Å². The first-order chi connectivity index (χ1) is 8.25. The number of nitrogens with zero attached hydrogens (tertiary/aromatic N) is 1. The lowest BCUT2D eigenvalue weighted by molar-refractivity contribution is 0.232. The molecule has 2 rings (SSSR count). The Kier molecular flexibility index (Phi) is 5.30. The second-order valence-electron chi connectivity index (χ2n) is 6.36. The van der Waals surface area contributed by atoms with Gasteiger partial charge in [-0.3, -0.25) is 0 Å². The summed E-state index contributed by atoms with van der Waals surface area (Å²) in [5.74, 6) is 1.88. The lowest BCUT2D eigenvalue weighted by Crippen LogP contribution is -2.38. The molecule has 1 aliphatic heterocycles. The van der Waals surface area contributed by atoms with Gasteiger partial charge in [-0.15, -0.1) is 0 Å². The van der Waals surface area contributed by atoms with Crippen LogP contribution in [0.4, 0.5) is 0 Å². The number of hydrogen-bond donors (Lipinski definition) is 1. The Bertz CT molecular complexity index is 201. The molecule has 1 aliphatic carbocycles. The number of nitrogens with one attached hydrogen (secondary N) is 1. The van der Waals surface area contributed by atoms with Crippen molar-refractivity contribution in [3.8, 4) is 0 Å². The van der Waals surface area contributed by atoms with Crippen molar-refractivity contribution in [3.05, 3.63) is 0 Å². The number of likely N-dealkylation sites (tertiary alicyclic amines) is 1. The summed E-state index contributed by atoms with van der Waals surface area (Å²) in [7, 11) is 0. The second-order valence-corrected chi connectivity index (χ2v) is 6.36. The quantitative estimate of drug-likeness (QED) is 0.792. The van der Waals surface area contributed by atoms with E-state index in [1.165, 1.54) is 64.7 Å². The molecule has 1 N–H and O–H groups in total. The van der Waals surface area contributed by atoms with Gasteiger partial charge in [0.1, 0.15) is 0 Å². The summed E-state index contributed by atoms with van der Waals surface area (Å²) in [5, 5.41) is 3.77. The van der Waals surface area contributed by atoms with Gasteiger partial charge in [0, 0.05) is 19.1 Å². The van der Waals surface area contributed by atoms with Gasteiger partial charge in [0.25, 0.3) is 0 Å². The predicted octanol–water partition coefficient (Wildman–Crippen LogP) is 2.89. The van der Waals surface area contributed by atoms with Gasteiger partial charge in [-0.1, -0.05) is 13.8 Å². The van der Waals surface area contributed by atoms with E-state index in [1.54, 1.807) is 0 Å². The molecule has 1 saturated carbocycles. The first-order valence-electron chi connectivity index (χ1n) is 7.71. The van der Waals surface area contributed by atoms with Crippen molar-refractivity contribution in [2.75, 3.05) is 26.2 Å². The molecule has 0 bridgehead atoms. The molecule has 0 spiro atoms. The maximum absolute atomic E-state index is 3.77. The molecule has 0 atom stereocenters. The van der Waals surface area contributed by atoms with E-state index in [-0.39, 0.29) is 0 Å². The molecule has 0 aromatic heterocycles. The van der Waals surface area contributed by atoms with E-state index >= 15 is 0 Å². The van der Waals surface area contributed by atoms with Crippen LogP contribution in [0.15, 0.2) is 0 Å². The molecule has 0 aromatic carbocycles. The zero-order valence-electron chi connectivity index (χ0n) is 11.8. The van der Waals surface area contributed by atoms with Crippen LogP contribution in [-0.4, -0.2) is 37.1 Å². The molecule has 0 amide bonds. The third-order valence-electron chi connectivity index (χ3n) is 4.77. The van der Waals surface area contributed by atoms with E-state index in [9.17, 15) is 0 Å². The molecule has 2 heteroatoms. The lowest BCUT2D eigenvalue weighted by atomic mass is 9.80. The molecule has 2 aliphatic rings. The molecular formula is C15H30N2. The van der Waals surface area contributed by atoms with Gasteiger partial charge in [-0.05, 0) is 63.5 Å². The SMILES string of the molecule is CC(C)C1CCC(NCCN2CCCC2)CC1. The number of hydrogen-bond acceptors (Lipinski definition) is 2. The monoisotopic (exact) mass is 238 g/mol. The third-order valence-corrected chi connectivity index (χ3v) is 4.77. The van der Waals surface area contributed by atoms with Crippen LogP contribution in [0.1, 0.15) is 52.4 Å². The molecule has 0 aromatic rings. The van der Waals surface area contributed by atoms with E-state index in [0.29, 0.717) is 0 Å². The van der Waals surface area contributed by atoms with Crippen LogP contribution in [0.3, 0.4) is 0 Å². The van der Waals surface area contributed by atoms with E-state index in [0.717, 1.165) is 17.9 Å². The third kappa shape index (κ3) is 4.26. The Labute approximate surface area is 107 Å². The minimum Gasteiger partial charge on any atom is -0.313 e. The largest absolute Gasteiger partial charge is 0.313 e. The summed E-state index contributed by atoms with van der Waals surface area (Å²) in [4.78, 5) is 2.60. The molecule has 17 heavy (non-hydrogen) atoms. The maximum atomic E-state index is 3.77. The average Bonchev–Trinajstić information content (AvgIpc) is 2.83. The molecule has 1 saturated heterocycles. The standard InChI is InChI=1S/C15H30N2/c1-13(2)14-5-7-15(8-6-14)16-9-12-17-10-3-4-11-17/h13-16H,3-12H2,1-2H3. The Morgan fingerprint density at radius 2 is 1.71 bits per heavy atom. The summed E-state index contributed by atoms with van der Waals surface area (Å²) in [6.07, 6.45) is 8.53. The van der Waals surface area contributed by atoms with Crippen molar-refractivity contribution in [3.63, 3.8) is 0 Å². The molecule has 0 unspecified atom stereocenters. The normalized spacial score (nSPS) is 31.2. The Balaban J connectivity index is 1.55. The minimum atomic E-state index is 0.813. The van der Waals surface area contributed by atoms with Crippen LogP contribution in [-0.2, 0) is 0 Å². The number of rotatable bonds is 5. The molecule has 2 fully saturated rings. The van der Waals surface area contributed by atoms with Crippen molar-refractivity contribution in [1.82, 2.24) is 10.2 Å². The summed E-state index contributed by atoms with van der Waals surface area (Å²) in [6, 6.07) is 0.813. The van der Waals surface area contributed by atoms with Gasteiger partial charge in [0.05, 0.1) is 0 Å². The molecule has 0 radical (unpaired) electrons. The van der Waals surface area contributed by atoms with Crippen molar-refractivity contribution >= 4 is 0 Å². The highest BCUT2D eigenvalue weighted by Gasteiger charge is 2.22. The predicted molar refractivity (Wildman–Crippen MR) is 74.3 cm³/mol. The van der Waals surface area contributed by atoms with Gasteiger partial charge >= 0.3 is 0 Å². The average molecular weight is 238 g/mol. The molecule has 1 heterocycles. The van der Waals surface area contributed by atoms with Crippen LogP contribution < -0.4 is 5.32 Å². The van der Waals surface area contributed by atoms with Crippen LogP contribution in [0, 0.1) is 11.8 Å². The smallest absolute Gasteiger partial charge is 0.0107 e. The molecule has 2 nitrogen and oxygen atoms in total. The van der Waals surface area contributed by atoms with Gasteiger partial charge in [-0.25, -0.2) is 0 Å². The van der Waals surface area contributed by atoms with E-state index in [4.69, 9.17) is 0 Å². The Morgan fingerprint density at radius 3 is 2.29 bits per heavy atom. The van der Waals surface area contributed by atoms with Crippen molar-refractivity contribution < 1.29 is 0 Å². The van der Waals surface area contributed by atoms with Gasteiger partial charge < -0.3 is 10.2 Å². The van der Waals surface area contributed by atoms with Crippen molar-refractivity contribution in [1.29, 1.82) is 0 Å². The first-order valence-corrected chi connectivity index (χ1v) is 7.71. The van der Waals surface area contributed by atoms with Gasteiger partial charge in [0.2, 0.25) is 0 Å². The summed E-state index contributed by atoms with van der Waals surface area (Å²) in [6.45, 7) is 9.91. The summed E-state index contributed by atoms with van der Waals surface area (Å²) < 4.78 is 0. The highest BCUT2D eigenvalue weighted by molar-refractivity contribution is 4.79. The van der Waals surface area contributed by atoms with Gasteiger partial charge in [0.15, 0.2) is 0 Å². The summed E-state index contributed by atoms with van der Waals surface area (Å²) >= 11 is 0. The highest BCUT2D eigenvalue weighted by Crippen LogP contribution is 2.29. The first kappa shape index (κ1) is 13.4. The molecular weight excluding hydrogens is 208 g/mol. The van der Waals surface area contributed by atoms with Gasteiger partial charge in [-0.2, -0.15) is 0 Å². The Hall–Kier alpha value is -0.0800. The van der Waals surface area contributed by atoms with E-state index in [2.05, 4.69) is 24.1 Å². The summed E-state index contributed by atoms with van der Waals surface area (Å²) in [5.41, 5.74) is 0. The van der Waals surface area contributed by atoms with Crippen LogP contribution in [0.5, 0.6) is 0 Å². The zero-order chi connectivity index (χ0) is 12.1. The zero-order valence-corrected chi connectivity index (χ0v) is 11.8. The fraction of sp³-hybridized carbons (Fsp3) is 1.00. The fourth-order valence-corrected chi connectivity index (χ4v) is 3.42. The minimum absolute atomic E-state index is 0.813. The van der Waals surface area contributed by atoms with Crippen LogP contribution in [0.2, 0.25) is 0 Å². The second kappa shape index (κ2) is 6.75. The van der Waals surface area contributed by atoms with E-state index in [1.807, 2.05) is 0 Å². The van der Waals surface area contributed by atoms with E-state index < -0.39 is 0 Å². The topological polar surface area (TPSA) is 15.3 Å².